The van der Waals surface area contributed by atoms with Gasteiger partial charge in [0.15, 0.2) is 6.10 Å². The Morgan fingerprint density at radius 1 is 0.272 bits per heavy atom. The predicted molar refractivity (Wildman–Crippen MR) is 352 cm³/mol. The van der Waals surface area contributed by atoms with E-state index in [1.807, 2.05) is 6.08 Å². The molecule has 0 saturated heterocycles. The Labute approximate surface area is 499 Å². The lowest BCUT2D eigenvalue weighted by molar-refractivity contribution is -0.166. The molecule has 0 aliphatic carbocycles. The van der Waals surface area contributed by atoms with E-state index in [9.17, 15) is 14.4 Å². The molecule has 0 aromatic carbocycles. The van der Waals surface area contributed by atoms with Crippen molar-refractivity contribution in [2.24, 2.45) is 0 Å². The van der Waals surface area contributed by atoms with E-state index in [0.29, 0.717) is 12.8 Å². The zero-order valence-corrected chi connectivity index (χ0v) is 52.2. The summed E-state index contributed by atoms with van der Waals surface area (Å²) in [5, 5.41) is 0. The maximum Gasteiger partial charge on any atom is 0.309 e. The Balaban J connectivity index is 4.46. The van der Waals surface area contributed by atoms with Crippen LogP contribution in [-0.2, 0) is 28.6 Å². The van der Waals surface area contributed by atoms with Crippen LogP contribution >= 0.6 is 0 Å². The van der Waals surface area contributed by atoms with Gasteiger partial charge in [-0.25, -0.2) is 0 Å². The van der Waals surface area contributed by atoms with Gasteiger partial charge >= 0.3 is 17.9 Å². The highest BCUT2D eigenvalue weighted by Crippen LogP contribution is 2.15. The fourth-order valence-electron chi connectivity index (χ4n) is 8.67. The third-order valence-electron chi connectivity index (χ3n) is 13.5. The Morgan fingerprint density at radius 3 is 0.864 bits per heavy atom. The Kier molecular flexibility index (Phi) is 63.4. The highest BCUT2D eigenvalue weighted by atomic mass is 16.6. The van der Waals surface area contributed by atoms with E-state index in [1.54, 1.807) is 6.08 Å². The molecule has 0 heterocycles. The largest absolute Gasteiger partial charge is 0.462 e. The number of carbonyl (C=O) groups is 3. The molecule has 0 aromatic rings. The van der Waals surface area contributed by atoms with Crippen LogP contribution in [0.3, 0.4) is 0 Å². The third-order valence-corrected chi connectivity index (χ3v) is 13.5. The molecule has 0 bridgehead atoms. The van der Waals surface area contributed by atoms with Gasteiger partial charge in [-0.3, -0.25) is 14.4 Å². The van der Waals surface area contributed by atoms with Crippen molar-refractivity contribution in [1.82, 2.24) is 0 Å². The minimum absolute atomic E-state index is 0.118. The maximum absolute atomic E-state index is 12.9. The fraction of sp³-hybridized carbons (Fsp3) is 0.613. The van der Waals surface area contributed by atoms with Gasteiger partial charge in [-0.2, -0.15) is 0 Å². The van der Waals surface area contributed by atoms with Crippen LogP contribution < -0.4 is 0 Å². The molecule has 0 radical (unpaired) electrons. The molecule has 0 aliphatic heterocycles. The molecular weight excluding hydrogens is 997 g/mol. The van der Waals surface area contributed by atoms with Crippen molar-refractivity contribution >= 4 is 17.9 Å². The standard InChI is InChI=1S/C75H120O6/c1-4-7-10-13-16-19-22-25-28-30-32-34-35-36-37-38-39-41-42-44-47-50-53-56-59-62-65-68-74(77)80-71-72(70-79-73(76)67-64-61-58-55-52-49-46-27-24-21-18-15-12-9-6-3)81-75(78)69-66-63-60-57-54-51-48-45-43-40-33-31-29-26-23-20-17-14-11-8-5-2/h7,9-10,12,16,18-19,21,23,25-28,31-34,36-37,39,41,46,52,55,61,64,72H,4-6,8,11,13-15,17,20,22,24,29-30,35,38,40,42-45,47-51,53-54,56-60,62-63,65-71H2,1-3H3/b10-7-,12-9-,19-16-,21-18-,26-23-,28-25-,33-31-,34-32-,37-36-,41-39-,46-27-,55-52-,64-61-. The molecule has 6 nitrogen and oxygen atoms in total. The second kappa shape index (κ2) is 67.5. The number of allylic oxidation sites excluding steroid dienone is 25. The van der Waals surface area contributed by atoms with Crippen LogP contribution in [0, 0.1) is 0 Å². The Bertz CT molecular complexity index is 1810. The first-order chi connectivity index (χ1) is 40.0. The number of rotatable bonds is 58. The predicted octanol–water partition coefficient (Wildman–Crippen LogP) is 22.9. The summed E-state index contributed by atoms with van der Waals surface area (Å²) in [6, 6.07) is 0. The summed E-state index contributed by atoms with van der Waals surface area (Å²) in [5.41, 5.74) is 0. The second-order valence-electron chi connectivity index (χ2n) is 21.3. The summed E-state index contributed by atoms with van der Waals surface area (Å²) in [4.78, 5) is 38.3. The summed E-state index contributed by atoms with van der Waals surface area (Å²) in [6.45, 7) is 6.31. The van der Waals surface area contributed by atoms with Crippen LogP contribution in [0.15, 0.2) is 158 Å². The first-order valence-corrected chi connectivity index (χ1v) is 33.0. The highest BCUT2D eigenvalue weighted by Gasteiger charge is 2.19. The Morgan fingerprint density at radius 2 is 0.531 bits per heavy atom. The van der Waals surface area contributed by atoms with Crippen molar-refractivity contribution in [2.45, 2.75) is 284 Å². The molecule has 1 atom stereocenters. The van der Waals surface area contributed by atoms with Gasteiger partial charge < -0.3 is 14.2 Å². The molecule has 0 N–H and O–H groups in total. The number of unbranched alkanes of at least 4 members (excludes halogenated alkanes) is 22. The molecule has 456 valence electrons. The van der Waals surface area contributed by atoms with E-state index in [-0.39, 0.29) is 31.6 Å². The summed E-state index contributed by atoms with van der Waals surface area (Å²) in [6.07, 6.45) is 98.5. The topological polar surface area (TPSA) is 78.9 Å². The summed E-state index contributed by atoms with van der Waals surface area (Å²) in [5.74, 6) is -1.07. The van der Waals surface area contributed by atoms with Gasteiger partial charge in [0, 0.05) is 12.8 Å². The lowest BCUT2D eigenvalue weighted by atomic mass is 10.1. The second-order valence-corrected chi connectivity index (χ2v) is 21.3. The molecule has 0 aromatic heterocycles. The van der Waals surface area contributed by atoms with Gasteiger partial charge in [-0.15, -0.1) is 0 Å². The van der Waals surface area contributed by atoms with E-state index < -0.39 is 12.1 Å². The zero-order chi connectivity index (χ0) is 58.5. The first-order valence-electron chi connectivity index (χ1n) is 33.0. The molecule has 0 saturated carbocycles. The van der Waals surface area contributed by atoms with Crippen molar-refractivity contribution in [3.8, 4) is 0 Å². The van der Waals surface area contributed by atoms with Crippen molar-refractivity contribution < 1.29 is 28.6 Å². The fourth-order valence-corrected chi connectivity index (χ4v) is 8.67. The average molecular weight is 1120 g/mol. The van der Waals surface area contributed by atoms with Gasteiger partial charge in [-0.1, -0.05) is 288 Å². The van der Waals surface area contributed by atoms with Gasteiger partial charge in [0.25, 0.3) is 0 Å². The van der Waals surface area contributed by atoms with Gasteiger partial charge in [-0.05, 0) is 128 Å². The van der Waals surface area contributed by atoms with Crippen LogP contribution in [0.5, 0.6) is 0 Å². The van der Waals surface area contributed by atoms with Crippen LogP contribution in [0.25, 0.3) is 0 Å². The molecule has 0 aliphatic rings. The minimum Gasteiger partial charge on any atom is -0.462 e. The number of hydrogen-bond donors (Lipinski definition) is 0. The van der Waals surface area contributed by atoms with Crippen LogP contribution in [0.4, 0.5) is 0 Å². The molecular formula is C75H120O6. The van der Waals surface area contributed by atoms with E-state index in [2.05, 4.69) is 167 Å². The van der Waals surface area contributed by atoms with Gasteiger partial charge in [0.2, 0.25) is 0 Å². The van der Waals surface area contributed by atoms with Crippen LogP contribution in [0.1, 0.15) is 278 Å². The molecule has 81 heavy (non-hydrogen) atoms. The third kappa shape index (κ3) is 65.7. The normalized spacial score (nSPS) is 13.2. The quantitative estimate of drug-likeness (QED) is 0.0261. The zero-order valence-electron chi connectivity index (χ0n) is 52.2. The van der Waals surface area contributed by atoms with Crippen molar-refractivity contribution in [1.29, 1.82) is 0 Å². The monoisotopic (exact) mass is 1120 g/mol. The Hall–Kier alpha value is -4.97. The smallest absolute Gasteiger partial charge is 0.309 e. The number of ether oxygens (including phenoxy) is 3. The van der Waals surface area contributed by atoms with Gasteiger partial charge in [0.1, 0.15) is 13.2 Å². The molecule has 1 unspecified atom stereocenters. The van der Waals surface area contributed by atoms with E-state index in [0.717, 1.165) is 122 Å². The average Bonchev–Trinajstić information content (AvgIpc) is 3.47. The minimum atomic E-state index is -0.833. The summed E-state index contributed by atoms with van der Waals surface area (Å²) < 4.78 is 16.8. The van der Waals surface area contributed by atoms with Crippen LogP contribution in [0.2, 0.25) is 0 Å². The molecule has 0 spiro atoms. The van der Waals surface area contributed by atoms with Crippen molar-refractivity contribution in [3.63, 3.8) is 0 Å². The lowest BCUT2D eigenvalue weighted by Crippen LogP contribution is -2.30. The number of esters is 3. The summed E-state index contributed by atoms with van der Waals surface area (Å²) in [7, 11) is 0. The first kappa shape index (κ1) is 76.0. The molecule has 0 fully saturated rings. The van der Waals surface area contributed by atoms with E-state index in [1.165, 1.54) is 116 Å². The summed E-state index contributed by atoms with van der Waals surface area (Å²) >= 11 is 0. The maximum atomic E-state index is 12.9. The van der Waals surface area contributed by atoms with E-state index in [4.69, 9.17) is 14.2 Å². The highest BCUT2D eigenvalue weighted by molar-refractivity contribution is 5.72. The number of hydrogen-bond acceptors (Lipinski definition) is 6. The van der Waals surface area contributed by atoms with Gasteiger partial charge in [0.05, 0.1) is 6.42 Å². The molecule has 6 heteroatoms. The lowest BCUT2D eigenvalue weighted by Gasteiger charge is -2.18. The van der Waals surface area contributed by atoms with Crippen molar-refractivity contribution in [2.75, 3.05) is 13.2 Å². The number of carbonyl (C=O) groups excluding carboxylic acids is 3. The van der Waals surface area contributed by atoms with Crippen LogP contribution in [-0.4, -0.2) is 37.2 Å². The molecule has 0 rings (SSSR count). The van der Waals surface area contributed by atoms with E-state index >= 15 is 0 Å². The molecule has 0 amide bonds. The SMILES string of the molecule is CC/C=C\C/C=C\C/C=C\C/C=C\C/C=C\C/C=C\CCCCCCCCCCC(=O)OCC(COC(=O)C/C=C\C/C=C\C/C=C\C/C=C\C/C=C\CC)OC(=O)CCCCCCCCCCC/C=C\C/C=C\CCCCCCC. The van der Waals surface area contributed by atoms with Crippen molar-refractivity contribution in [3.05, 3.63) is 158 Å².